The minimum absolute atomic E-state index is 0.00225. The topological polar surface area (TPSA) is 49.4 Å². The Morgan fingerprint density at radius 3 is 2.21 bits per heavy atom. The maximum Gasteiger partial charge on any atom is 0.242 e. The van der Waals surface area contributed by atoms with E-state index in [1.165, 1.54) is 23.9 Å². The molecule has 0 spiro atoms. The summed E-state index contributed by atoms with van der Waals surface area (Å²) in [4.78, 5) is 27.1. The summed E-state index contributed by atoms with van der Waals surface area (Å²) in [5, 5.41) is 2.88. The SMILES string of the molecule is CC(C)NC(=O)C(C)N(Cc1ccc(Br)cc1)C(=O)CSCc1ccc(F)cc1. The van der Waals surface area contributed by atoms with Crippen LogP contribution in [-0.2, 0) is 21.9 Å². The van der Waals surface area contributed by atoms with Crippen LogP contribution in [-0.4, -0.2) is 34.6 Å². The van der Waals surface area contributed by atoms with Gasteiger partial charge in [-0.05, 0) is 56.2 Å². The highest BCUT2D eigenvalue weighted by atomic mass is 79.9. The number of nitrogens with zero attached hydrogens (tertiary/aromatic N) is 1. The Hall–Kier alpha value is -1.86. The highest BCUT2D eigenvalue weighted by molar-refractivity contribution is 9.10. The quantitative estimate of drug-likeness (QED) is 0.562. The first-order chi connectivity index (χ1) is 13.8. The van der Waals surface area contributed by atoms with Gasteiger partial charge in [0.15, 0.2) is 0 Å². The fraction of sp³-hybridized carbons (Fsp3) is 0.364. The van der Waals surface area contributed by atoms with Gasteiger partial charge < -0.3 is 10.2 Å². The highest BCUT2D eigenvalue weighted by Gasteiger charge is 2.26. The predicted molar refractivity (Wildman–Crippen MR) is 120 cm³/mol. The van der Waals surface area contributed by atoms with E-state index in [-0.39, 0.29) is 29.4 Å². The van der Waals surface area contributed by atoms with Crippen molar-refractivity contribution >= 4 is 39.5 Å². The van der Waals surface area contributed by atoms with Gasteiger partial charge in [0.1, 0.15) is 11.9 Å². The number of thioether (sulfide) groups is 1. The van der Waals surface area contributed by atoms with E-state index in [2.05, 4.69) is 21.2 Å². The summed E-state index contributed by atoms with van der Waals surface area (Å²) < 4.78 is 14.0. The second kappa shape index (κ2) is 11.4. The first-order valence-corrected chi connectivity index (χ1v) is 11.4. The summed E-state index contributed by atoms with van der Waals surface area (Å²) in [6.07, 6.45) is 0. The summed E-state index contributed by atoms with van der Waals surface area (Å²) in [6, 6.07) is 13.4. The van der Waals surface area contributed by atoms with Gasteiger partial charge >= 0.3 is 0 Å². The standard InChI is InChI=1S/C22H26BrFN2O2S/c1-15(2)25-22(28)16(3)26(12-17-4-8-19(23)9-5-17)21(27)14-29-13-18-6-10-20(24)11-7-18/h4-11,15-16H,12-14H2,1-3H3,(H,25,28). The Balaban J connectivity index is 2.05. The van der Waals surface area contributed by atoms with E-state index >= 15 is 0 Å². The van der Waals surface area contributed by atoms with Crippen molar-refractivity contribution in [3.05, 3.63) is 69.9 Å². The fourth-order valence-electron chi connectivity index (χ4n) is 2.69. The van der Waals surface area contributed by atoms with Crippen molar-refractivity contribution in [1.82, 2.24) is 10.2 Å². The van der Waals surface area contributed by atoms with Crippen LogP contribution in [0.25, 0.3) is 0 Å². The lowest BCUT2D eigenvalue weighted by Gasteiger charge is -2.29. The zero-order valence-corrected chi connectivity index (χ0v) is 19.2. The zero-order chi connectivity index (χ0) is 21.4. The molecule has 1 N–H and O–H groups in total. The normalized spacial score (nSPS) is 11.9. The van der Waals surface area contributed by atoms with Crippen LogP contribution in [0.15, 0.2) is 53.0 Å². The van der Waals surface area contributed by atoms with Crippen molar-refractivity contribution in [2.24, 2.45) is 0 Å². The lowest BCUT2D eigenvalue weighted by atomic mass is 10.1. The number of hydrogen-bond acceptors (Lipinski definition) is 3. The molecule has 1 atom stereocenters. The molecule has 156 valence electrons. The van der Waals surface area contributed by atoms with Crippen molar-refractivity contribution in [3.8, 4) is 0 Å². The number of rotatable bonds is 9. The Kier molecular flexibility index (Phi) is 9.17. The zero-order valence-electron chi connectivity index (χ0n) is 16.8. The summed E-state index contributed by atoms with van der Waals surface area (Å²) in [5.41, 5.74) is 1.91. The van der Waals surface area contributed by atoms with Crippen LogP contribution in [0.3, 0.4) is 0 Å². The summed E-state index contributed by atoms with van der Waals surface area (Å²) >= 11 is 4.86. The molecule has 0 saturated heterocycles. The number of nitrogens with one attached hydrogen (secondary N) is 1. The molecule has 2 rings (SSSR count). The molecule has 0 radical (unpaired) electrons. The van der Waals surface area contributed by atoms with Gasteiger partial charge in [-0.1, -0.05) is 40.2 Å². The Morgan fingerprint density at radius 2 is 1.62 bits per heavy atom. The van der Waals surface area contributed by atoms with E-state index in [1.807, 2.05) is 38.1 Å². The molecule has 0 fully saturated rings. The molecule has 0 aliphatic heterocycles. The molecule has 2 aromatic rings. The van der Waals surface area contributed by atoms with Crippen molar-refractivity contribution in [2.75, 3.05) is 5.75 Å². The molecular weight excluding hydrogens is 455 g/mol. The van der Waals surface area contributed by atoms with Crippen molar-refractivity contribution < 1.29 is 14.0 Å². The monoisotopic (exact) mass is 480 g/mol. The van der Waals surface area contributed by atoms with Crippen molar-refractivity contribution in [1.29, 1.82) is 0 Å². The van der Waals surface area contributed by atoms with Crippen LogP contribution < -0.4 is 5.32 Å². The van der Waals surface area contributed by atoms with Gasteiger partial charge in [0, 0.05) is 22.8 Å². The van der Waals surface area contributed by atoms with E-state index in [4.69, 9.17) is 0 Å². The molecular formula is C22H26BrFN2O2S. The van der Waals surface area contributed by atoms with E-state index in [1.54, 1.807) is 24.0 Å². The maximum absolute atomic E-state index is 13.0. The third-order valence-electron chi connectivity index (χ3n) is 4.27. The van der Waals surface area contributed by atoms with Gasteiger partial charge in [-0.15, -0.1) is 11.8 Å². The lowest BCUT2D eigenvalue weighted by Crippen LogP contribution is -2.49. The number of amides is 2. The molecule has 2 aromatic carbocycles. The number of benzene rings is 2. The van der Waals surface area contributed by atoms with Crippen LogP contribution in [0.2, 0.25) is 0 Å². The van der Waals surface area contributed by atoms with Gasteiger partial charge in [0.2, 0.25) is 11.8 Å². The fourth-order valence-corrected chi connectivity index (χ4v) is 3.83. The third-order valence-corrected chi connectivity index (χ3v) is 5.79. The minimum atomic E-state index is -0.583. The minimum Gasteiger partial charge on any atom is -0.352 e. The van der Waals surface area contributed by atoms with Crippen LogP contribution in [0, 0.1) is 5.82 Å². The maximum atomic E-state index is 13.0. The summed E-state index contributed by atoms with van der Waals surface area (Å²) in [7, 11) is 0. The number of halogens is 2. The largest absolute Gasteiger partial charge is 0.352 e. The average Bonchev–Trinajstić information content (AvgIpc) is 2.68. The predicted octanol–water partition coefficient (Wildman–Crippen LogP) is 4.76. The molecule has 7 heteroatoms. The number of hydrogen-bond donors (Lipinski definition) is 1. The van der Waals surface area contributed by atoms with Gasteiger partial charge in [0.25, 0.3) is 0 Å². The second-order valence-corrected chi connectivity index (χ2v) is 9.01. The Labute approximate surface area is 184 Å². The summed E-state index contributed by atoms with van der Waals surface area (Å²) in [6.45, 7) is 5.89. The van der Waals surface area contributed by atoms with Gasteiger partial charge in [0.05, 0.1) is 5.75 Å². The highest BCUT2D eigenvalue weighted by Crippen LogP contribution is 2.18. The van der Waals surface area contributed by atoms with Crippen molar-refractivity contribution in [2.45, 2.75) is 45.2 Å². The van der Waals surface area contributed by atoms with E-state index < -0.39 is 6.04 Å². The van der Waals surface area contributed by atoms with Gasteiger partial charge in [-0.3, -0.25) is 9.59 Å². The molecule has 1 unspecified atom stereocenters. The van der Waals surface area contributed by atoms with Crippen molar-refractivity contribution in [3.63, 3.8) is 0 Å². The lowest BCUT2D eigenvalue weighted by molar-refractivity contribution is -0.138. The Bertz CT molecular complexity index is 813. The van der Waals surface area contributed by atoms with Crippen LogP contribution >= 0.6 is 27.7 Å². The molecule has 0 bridgehead atoms. The molecule has 2 amide bonds. The van der Waals surface area contributed by atoms with Crippen LogP contribution in [0.4, 0.5) is 4.39 Å². The van der Waals surface area contributed by atoms with Gasteiger partial charge in [-0.2, -0.15) is 0 Å². The number of carbonyl (C=O) groups is 2. The molecule has 0 aromatic heterocycles. The smallest absolute Gasteiger partial charge is 0.242 e. The molecule has 0 aliphatic carbocycles. The molecule has 0 aliphatic rings. The van der Waals surface area contributed by atoms with Gasteiger partial charge in [-0.25, -0.2) is 4.39 Å². The van der Waals surface area contributed by atoms with E-state index in [9.17, 15) is 14.0 Å². The molecule has 0 heterocycles. The third kappa shape index (κ3) is 7.82. The second-order valence-electron chi connectivity index (χ2n) is 7.11. The van der Waals surface area contributed by atoms with E-state index in [0.29, 0.717) is 12.3 Å². The molecule has 4 nitrogen and oxygen atoms in total. The average molecular weight is 481 g/mol. The molecule has 0 saturated carbocycles. The van der Waals surface area contributed by atoms with Crippen LogP contribution in [0.5, 0.6) is 0 Å². The molecule has 29 heavy (non-hydrogen) atoms. The first kappa shape index (κ1) is 23.4. The summed E-state index contributed by atoms with van der Waals surface area (Å²) in [5.74, 6) is 0.290. The van der Waals surface area contributed by atoms with Crippen LogP contribution in [0.1, 0.15) is 31.9 Å². The van der Waals surface area contributed by atoms with E-state index in [0.717, 1.165) is 15.6 Å². The Morgan fingerprint density at radius 1 is 1.03 bits per heavy atom. The number of carbonyl (C=O) groups excluding carboxylic acids is 2. The first-order valence-electron chi connectivity index (χ1n) is 9.42.